The van der Waals surface area contributed by atoms with Crippen molar-refractivity contribution in [1.82, 2.24) is 0 Å². The van der Waals surface area contributed by atoms with Crippen LogP contribution in [0, 0.1) is 16.7 Å². The molecule has 1 saturated heterocycles. The van der Waals surface area contributed by atoms with Gasteiger partial charge in [0.05, 0.1) is 12.7 Å². The Morgan fingerprint density at radius 1 is 1.21 bits per heavy atom. The van der Waals surface area contributed by atoms with Gasteiger partial charge in [-0.05, 0) is 18.3 Å². The third-order valence-electron chi connectivity index (χ3n) is 4.43. The smallest absolute Gasteiger partial charge is 0.162 e. The van der Waals surface area contributed by atoms with Crippen LogP contribution in [0.4, 0.5) is 0 Å². The van der Waals surface area contributed by atoms with E-state index in [0.717, 1.165) is 12.8 Å². The van der Waals surface area contributed by atoms with E-state index < -0.39 is 17.8 Å². The minimum atomic E-state index is -0.804. The summed E-state index contributed by atoms with van der Waals surface area (Å²) in [5, 5.41) is 19.8. The maximum absolute atomic E-state index is 10.0. The van der Waals surface area contributed by atoms with Gasteiger partial charge in [0.1, 0.15) is 0 Å². The van der Waals surface area contributed by atoms with E-state index in [1.807, 2.05) is 6.92 Å². The molecule has 2 rings (SSSR count). The first-order valence-corrected chi connectivity index (χ1v) is 5.37. The molecule has 1 heterocycles. The number of aliphatic hydroxyl groups excluding tert-OH is 2. The third-order valence-corrected chi connectivity index (χ3v) is 4.43. The summed E-state index contributed by atoms with van der Waals surface area (Å²) in [5.41, 5.74) is -0.312. The molecule has 3 nitrogen and oxygen atoms in total. The Bertz CT molecular complexity index is 239. The van der Waals surface area contributed by atoms with Gasteiger partial charge in [0, 0.05) is 11.3 Å². The maximum Gasteiger partial charge on any atom is 0.162 e. The molecule has 0 radical (unpaired) electrons. The summed E-state index contributed by atoms with van der Waals surface area (Å²) in [6.45, 7) is 6.91. The van der Waals surface area contributed by atoms with Crippen molar-refractivity contribution in [1.29, 1.82) is 0 Å². The third kappa shape index (κ3) is 1.16. The summed E-state index contributed by atoms with van der Waals surface area (Å²) in [5.74, 6) is 0.258. The van der Waals surface area contributed by atoms with Crippen molar-refractivity contribution in [3.63, 3.8) is 0 Å². The Hall–Kier alpha value is -0.120. The van der Waals surface area contributed by atoms with Crippen molar-refractivity contribution in [2.45, 2.75) is 46.0 Å². The Morgan fingerprint density at radius 3 is 2.43 bits per heavy atom. The fourth-order valence-electron chi connectivity index (χ4n) is 3.18. The lowest BCUT2D eigenvalue weighted by atomic mass is 9.56. The topological polar surface area (TPSA) is 49.7 Å². The number of aliphatic hydroxyl groups is 2. The monoisotopic (exact) mass is 200 g/mol. The quantitative estimate of drug-likeness (QED) is 0.616. The highest BCUT2D eigenvalue weighted by Gasteiger charge is 2.59. The number of hydrogen-bond acceptors (Lipinski definition) is 3. The molecule has 0 spiro atoms. The summed E-state index contributed by atoms with van der Waals surface area (Å²) < 4.78 is 5.30. The summed E-state index contributed by atoms with van der Waals surface area (Å²) in [7, 11) is 0. The van der Waals surface area contributed by atoms with Gasteiger partial charge in [0.25, 0.3) is 0 Å². The Morgan fingerprint density at radius 2 is 1.86 bits per heavy atom. The second-order valence-corrected chi connectivity index (χ2v) is 5.65. The predicted octanol–water partition coefficient (Wildman–Crippen LogP) is 1.14. The number of fused-ring (bicyclic) bond motifs is 1. The van der Waals surface area contributed by atoms with Crippen molar-refractivity contribution >= 4 is 0 Å². The van der Waals surface area contributed by atoms with Crippen LogP contribution in [0.25, 0.3) is 0 Å². The zero-order valence-electron chi connectivity index (χ0n) is 9.16. The van der Waals surface area contributed by atoms with E-state index in [0.29, 0.717) is 6.61 Å². The predicted molar refractivity (Wildman–Crippen MR) is 52.6 cm³/mol. The zero-order chi connectivity index (χ0) is 10.6. The fourth-order valence-corrected chi connectivity index (χ4v) is 3.18. The fraction of sp³-hybridized carbons (Fsp3) is 1.00. The van der Waals surface area contributed by atoms with Gasteiger partial charge in [-0.3, -0.25) is 0 Å². The molecular weight excluding hydrogens is 180 g/mol. The normalized spacial score (nSPS) is 51.6. The van der Waals surface area contributed by atoms with Gasteiger partial charge in [-0.2, -0.15) is 0 Å². The molecule has 1 aliphatic heterocycles. The summed E-state index contributed by atoms with van der Waals surface area (Å²) in [6.07, 6.45) is 0.533. The van der Waals surface area contributed by atoms with Crippen LogP contribution in [-0.2, 0) is 4.74 Å². The van der Waals surface area contributed by atoms with E-state index in [1.165, 1.54) is 0 Å². The van der Waals surface area contributed by atoms with Crippen molar-refractivity contribution in [2.24, 2.45) is 16.7 Å². The highest BCUT2D eigenvalue weighted by Crippen LogP contribution is 2.56. The number of ether oxygens (including phenoxy) is 1. The Balaban J connectivity index is 2.35. The molecule has 14 heavy (non-hydrogen) atoms. The van der Waals surface area contributed by atoms with Crippen molar-refractivity contribution in [3.8, 4) is 0 Å². The van der Waals surface area contributed by atoms with Crippen LogP contribution in [0.3, 0.4) is 0 Å². The largest absolute Gasteiger partial charge is 0.392 e. The first kappa shape index (κ1) is 10.4. The first-order chi connectivity index (χ1) is 6.39. The Kier molecular flexibility index (Phi) is 2.18. The van der Waals surface area contributed by atoms with E-state index >= 15 is 0 Å². The molecule has 4 atom stereocenters. The minimum Gasteiger partial charge on any atom is -0.392 e. The van der Waals surface area contributed by atoms with Crippen LogP contribution in [0.1, 0.15) is 33.6 Å². The van der Waals surface area contributed by atoms with Gasteiger partial charge < -0.3 is 14.9 Å². The highest BCUT2D eigenvalue weighted by molar-refractivity contribution is 5.04. The zero-order valence-corrected chi connectivity index (χ0v) is 9.16. The van der Waals surface area contributed by atoms with E-state index in [2.05, 4.69) is 13.8 Å². The first-order valence-electron chi connectivity index (χ1n) is 5.37. The Labute approximate surface area is 85.1 Å². The van der Waals surface area contributed by atoms with Gasteiger partial charge in [-0.1, -0.05) is 20.8 Å². The molecule has 0 aromatic heterocycles. The lowest BCUT2D eigenvalue weighted by molar-refractivity contribution is -0.171. The van der Waals surface area contributed by atoms with Crippen LogP contribution >= 0.6 is 0 Å². The second-order valence-electron chi connectivity index (χ2n) is 5.65. The average Bonchev–Trinajstić information content (AvgIpc) is 2.40. The molecular formula is C11H20O3. The summed E-state index contributed by atoms with van der Waals surface area (Å²) >= 11 is 0. The van der Waals surface area contributed by atoms with Crippen molar-refractivity contribution in [3.05, 3.63) is 0 Å². The molecule has 2 fully saturated rings. The van der Waals surface area contributed by atoms with Gasteiger partial charge in [-0.15, -0.1) is 0 Å². The van der Waals surface area contributed by atoms with Crippen LogP contribution in [-0.4, -0.2) is 29.2 Å². The van der Waals surface area contributed by atoms with E-state index in [1.54, 1.807) is 0 Å². The number of rotatable bonds is 0. The van der Waals surface area contributed by atoms with Crippen LogP contribution < -0.4 is 0 Å². The van der Waals surface area contributed by atoms with Gasteiger partial charge in [0.15, 0.2) is 6.29 Å². The molecule has 0 aromatic carbocycles. The number of hydrogen-bond donors (Lipinski definition) is 2. The molecule has 2 aliphatic rings. The molecule has 1 saturated carbocycles. The lowest BCUT2D eigenvalue weighted by Gasteiger charge is -2.49. The van der Waals surface area contributed by atoms with E-state index in [9.17, 15) is 10.2 Å². The molecule has 0 unspecified atom stereocenters. The van der Waals surface area contributed by atoms with Crippen LogP contribution in [0.5, 0.6) is 0 Å². The van der Waals surface area contributed by atoms with Crippen molar-refractivity contribution in [2.75, 3.05) is 6.61 Å². The van der Waals surface area contributed by atoms with Gasteiger partial charge in [0.2, 0.25) is 0 Å². The maximum atomic E-state index is 10.0. The second kappa shape index (κ2) is 2.94. The molecule has 3 heteroatoms. The molecule has 2 N–H and O–H groups in total. The van der Waals surface area contributed by atoms with Gasteiger partial charge in [-0.25, -0.2) is 0 Å². The SMILES string of the molecule is CC1(C)CC[C@@H](O)[C@@]2(C)[C@@H](O)OC[C@@H]12. The molecule has 0 amide bonds. The average molecular weight is 200 g/mol. The lowest BCUT2D eigenvalue weighted by Crippen LogP contribution is -2.52. The van der Waals surface area contributed by atoms with Gasteiger partial charge >= 0.3 is 0 Å². The highest BCUT2D eigenvalue weighted by atomic mass is 16.6. The van der Waals surface area contributed by atoms with Crippen LogP contribution in [0.15, 0.2) is 0 Å². The van der Waals surface area contributed by atoms with Crippen molar-refractivity contribution < 1.29 is 14.9 Å². The summed E-state index contributed by atoms with van der Waals surface area (Å²) in [4.78, 5) is 0. The molecule has 82 valence electrons. The molecule has 0 bridgehead atoms. The van der Waals surface area contributed by atoms with Crippen LogP contribution in [0.2, 0.25) is 0 Å². The van der Waals surface area contributed by atoms with E-state index in [4.69, 9.17) is 4.74 Å². The molecule has 0 aromatic rings. The molecule has 1 aliphatic carbocycles. The standard InChI is InChI=1S/C11H20O3/c1-10(2)5-4-8(12)11(3)7(10)6-14-9(11)13/h7-9,12-13H,4-6H2,1-3H3/t7-,8+,9-,11-/m0/s1. The summed E-state index contributed by atoms with van der Waals surface area (Å²) in [6, 6.07) is 0. The van der Waals surface area contributed by atoms with E-state index in [-0.39, 0.29) is 11.3 Å². The minimum absolute atomic E-state index is 0.158.